The number of aliphatic carboxylic acids is 1. The number of nitrogens with zero attached hydrogens (tertiary/aromatic N) is 3. The van der Waals surface area contributed by atoms with Crippen molar-refractivity contribution < 1.29 is 14.7 Å². The molecule has 0 atom stereocenters. The number of nitrogens with one attached hydrogen (secondary N) is 2. The molecule has 8 heteroatoms. The summed E-state index contributed by atoms with van der Waals surface area (Å²) in [5.74, 6) is -0.817. The summed E-state index contributed by atoms with van der Waals surface area (Å²) in [5.41, 5.74) is 1.78. The third-order valence-electron chi connectivity index (χ3n) is 4.47. The Bertz CT molecular complexity index is 602. The average molecular weight is 349 g/mol. The summed E-state index contributed by atoms with van der Waals surface area (Å²) in [6.45, 7) is 3.05. The minimum absolute atomic E-state index is 0.0487. The zero-order valence-corrected chi connectivity index (χ0v) is 15.0. The first-order chi connectivity index (χ1) is 11.9. The summed E-state index contributed by atoms with van der Waals surface area (Å²) in [6, 6.07) is 3.91. The molecule has 0 spiro atoms. The number of carboxylic acid groups (broad SMARTS) is 1. The fourth-order valence-electron chi connectivity index (χ4n) is 3.05. The highest BCUT2D eigenvalue weighted by Crippen LogP contribution is 2.25. The SMILES string of the molecule is CCN(CC(=O)O)C1CC(NC(=O)NCc2ncccc2N(C)C)C1. The van der Waals surface area contributed by atoms with Crippen LogP contribution in [0.4, 0.5) is 10.5 Å². The van der Waals surface area contributed by atoms with Crippen molar-refractivity contribution in [2.75, 3.05) is 32.1 Å². The van der Waals surface area contributed by atoms with Gasteiger partial charge in [0.25, 0.3) is 0 Å². The molecule has 0 bridgehead atoms. The first-order valence-electron chi connectivity index (χ1n) is 8.52. The first-order valence-corrected chi connectivity index (χ1v) is 8.52. The van der Waals surface area contributed by atoms with Gasteiger partial charge in [-0.3, -0.25) is 14.7 Å². The van der Waals surface area contributed by atoms with E-state index in [1.807, 2.05) is 43.0 Å². The lowest BCUT2D eigenvalue weighted by molar-refractivity contribution is -0.139. The number of rotatable bonds is 8. The van der Waals surface area contributed by atoms with Gasteiger partial charge in [0, 0.05) is 32.4 Å². The number of hydrogen-bond donors (Lipinski definition) is 3. The van der Waals surface area contributed by atoms with Gasteiger partial charge >= 0.3 is 12.0 Å². The molecular weight excluding hydrogens is 322 g/mol. The smallest absolute Gasteiger partial charge is 0.317 e. The zero-order chi connectivity index (χ0) is 18.4. The van der Waals surface area contributed by atoms with E-state index in [2.05, 4.69) is 15.6 Å². The summed E-state index contributed by atoms with van der Waals surface area (Å²) in [4.78, 5) is 31.1. The number of hydrogen-bond acceptors (Lipinski definition) is 5. The highest BCUT2D eigenvalue weighted by Gasteiger charge is 2.34. The lowest BCUT2D eigenvalue weighted by Crippen LogP contribution is -2.56. The summed E-state index contributed by atoms with van der Waals surface area (Å²) < 4.78 is 0. The monoisotopic (exact) mass is 349 g/mol. The molecular formula is C17H27N5O3. The largest absolute Gasteiger partial charge is 0.480 e. The van der Waals surface area contributed by atoms with E-state index in [1.54, 1.807) is 6.20 Å². The topological polar surface area (TPSA) is 97.8 Å². The molecule has 1 saturated carbocycles. The molecule has 3 N–H and O–H groups in total. The number of pyridine rings is 1. The Morgan fingerprint density at radius 1 is 1.36 bits per heavy atom. The second-order valence-corrected chi connectivity index (χ2v) is 6.47. The molecule has 1 aliphatic carbocycles. The van der Waals surface area contributed by atoms with Gasteiger partial charge in [-0.2, -0.15) is 0 Å². The van der Waals surface area contributed by atoms with E-state index in [0.717, 1.165) is 24.2 Å². The van der Waals surface area contributed by atoms with Gasteiger partial charge in [-0.25, -0.2) is 4.79 Å². The quantitative estimate of drug-likeness (QED) is 0.645. The Morgan fingerprint density at radius 2 is 2.08 bits per heavy atom. The molecule has 1 fully saturated rings. The summed E-state index contributed by atoms with van der Waals surface area (Å²) in [6.07, 6.45) is 3.27. The molecule has 1 aromatic heterocycles. The fourth-order valence-corrected chi connectivity index (χ4v) is 3.05. The maximum absolute atomic E-state index is 12.1. The molecule has 0 aliphatic heterocycles. The number of carbonyl (C=O) groups excluding carboxylic acids is 1. The molecule has 0 aromatic carbocycles. The predicted octanol–water partition coefficient (Wildman–Crippen LogP) is 0.884. The van der Waals surface area contributed by atoms with Crippen molar-refractivity contribution >= 4 is 17.7 Å². The maximum atomic E-state index is 12.1. The lowest BCUT2D eigenvalue weighted by atomic mass is 9.85. The van der Waals surface area contributed by atoms with Crippen LogP contribution in [-0.2, 0) is 11.3 Å². The first kappa shape index (κ1) is 19.0. The molecule has 8 nitrogen and oxygen atoms in total. The van der Waals surface area contributed by atoms with E-state index in [4.69, 9.17) is 5.11 Å². The number of amides is 2. The summed E-state index contributed by atoms with van der Waals surface area (Å²) in [7, 11) is 3.87. The van der Waals surface area contributed by atoms with Crippen LogP contribution in [0.2, 0.25) is 0 Å². The molecule has 2 rings (SSSR count). The van der Waals surface area contributed by atoms with Gasteiger partial charge in [0.05, 0.1) is 24.5 Å². The van der Waals surface area contributed by atoms with Crippen molar-refractivity contribution in [2.45, 2.75) is 38.4 Å². The molecule has 25 heavy (non-hydrogen) atoms. The summed E-state index contributed by atoms with van der Waals surface area (Å²) >= 11 is 0. The Morgan fingerprint density at radius 3 is 2.68 bits per heavy atom. The number of aromatic nitrogens is 1. The van der Waals surface area contributed by atoms with Crippen molar-refractivity contribution in [1.29, 1.82) is 0 Å². The Balaban J connectivity index is 1.75. The van der Waals surface area contributed by atoms with Crippen LogP contribution in [0.25, 0.3) is 0 Å². The Kier molecular flexibility index (Phi) is 6.58. The van der Waals surface area contributed by atoms with Crippen molar-refractivity contribution in [2.24, 2.45) is 0 Å². The second-order valence-electron chi connectivity index (χ2n) is 6.47. The van der Waals surface area contributed by atoms with Gasteiger partial charge in [-0.05, 0) is 31.5 Å². The van der Waals surface area contributed by atoms with E-state index in [0.29, 0.717) is 13.1 Å². The molecule has 0 radical (unpaired) electrons. The normalized spacial score (nSPS) is 19.2. The van der Waals surface area contributed by atoms with Crippen LogP contribution in [0.3, 0.4) is 0 Å². The van der Waals surface area contributed by atoms with Crippen LogP contribution < -0.4 is 15.5 Å². The Hall–Kier alpha value is -2.35. The standard InChI is InChI=1S/C17H27N5O3/c1-4-22(11-16(23)24)13-8-12(9-13)20-17(25)19-10-14-15(21(2)3)6-5-7-18-14/h5-7,12-13H,4,8-11H2,1-3H3,(H,23,24)(H2,19,20,25). The minimum atomic E-state index is -0.817. The minimum Gasteiger partial charge on any atom is -0.480 e. The Labute approximate surface area is 148 Å². The third kappa shape index (κ3) is 5.32. The van der Waals surface area contributed by atoms with Crippen LogP contribution in [0.5, 0.6) is 0 Å². The van der Waals surface area contributed by atoms with Crippen LogP contribution in [0.15, 0.2) is 18.3 Å². The molecule has 2 amide bonds. The molecule has 138 valence electrons. The maximum Gasteiger partial charge on any atom is 0.317 e. The van der Waals surface area contributed by atoms with Gasteiger partial charge in [0.1, 0.15) is 0 Å². The van der Waals surface area contributed by atoms with Gasteiger partial charge < -0.3 is 20.6 Å². The van der Waals surface area contributed by atoms with Gasteiger partial charge in [0.15, 0.2) is 0 Å². The van der Waals surface area contributed by atoms with Crippen molar-refractivity contribution in [3.63, 3.8) is 0 Å². The second kappa shape index (κ2) is 8.66. The fraction of sp³-hybridized carbons (Fsp3) is 0.588. The van der Waals surface area contributed by atoms with Crippen LogP contribution in [0, 0.1) is 0 Å². The predicted molar refractivity (Wildman–Crippen MR) is 95.6 cm³/mol. The van der Waals surface area contributed by atoms with E-state index in [9.17, 15) is 9.59 Å². The molecule has 1 aliphatic rings. The average Bonchev–Trinajstić information content (AvgIpc) is 2.54. The molecule has 0 saturated heterocycles. The highest BCUT2D eigenvalue weighted by atomic mass is 16.4. The van der Waals surface area contributed by atoms with E-state index in [1.165, 1.54) is 0 Å². The zero-order valence-electron chi connectivity index (χ0n) is 15.0. The van der Waals surface area contributed by atoms with E-state index >= 15 is 0 Å². The third-order valence-corrected chi connectivity index (χ3v) is 4.47. The lowest BCUT2D eigenvalue weighted by Gasteiger charge is -2.42. The molecule has 0 unspecified atom stereocenters. The number of urea groups is 1. The molecule has 1 heterocycles. The van der Waals surface area contributed by atoms with E-state index < -0.39 is 5.97 Å². The van der Waals surface area contributed by atoms with Gasteiger partial charge in [0.2, 0.25) is 0 Å². The van der Waals surface area contributed by atoms with Crippen molar-refractivity contribution in [1.82, 2.24) is 20.5 Å². The summed E-state index contributed by atoms with van der Waals surface area (Å²) in [5, 5.41) is 14.7. The number of anilines is 1. The van der Waals surface area contributed by atoms with Gasteiger partial charge in [-0.15, -0.1) is 0 Å². The highest BCUT2D eigenvalue weighted by molar-refractivity contribution is 5.74. The van der Waals surface area contributed by atoms with Crippen molar-refractivity contribution in [3.05, 3.63) is 24.0 Å². The van der Waals surface area contributed by atoms with Crippen LogP contribution in [0.1, 0.15) is 25.5 Å². The van der Waals surface area contributed by atoms with E-state index in [-0.39, 0.29) is 24.7 Å². The molecule has 1 aromatic rings. The number of carbonyl (C=O) groups is 2. The number of carboxylic acids is 1. The van der Waals surface area contributed by atoms with Crippen LogP contribution in [-0.4, -0.2) is 66.3 Å². The number of likely N-dealkylation sites (N-methyl/N-ethyl adjacent to an activating group) is 1. The van der Waals surface area contributed by atoms with Crippen LogP contribution >= 0.6 is 0 Å². The van der Waals surface area contributed by atoms with Crippen molar-refractivity contribution in [3.8, 4) is 0 Å². The van der Waals surface area contributed by atoms with Gasteiger partial charge in [-0.1, -0.05) is 6.92 Å².